The van der Waals surface area contributed by atoms with Gasteiger partial charge in [-0.2, -0.15) is 0 Å². The summed E-state index contributed by atoms with van der Waals surface area (Å²) >= 11 is 5.95. The maximum Gasteiger partial charge on any atom is 0.255 e. The standard InChI is InChI=1S/C21H19ClF2N2O2/c1-28-13-2-3-20-14(8-13)16(11-25-20)12-4-6-26(7-5-12)21(27)15-9-18(23)19(24)10-17(15)22/h2-3,8-12,25H,4-7H2,1H3. The molecule has 2 aromatic carbocycles. The molecule has 2 heterocycles. The van der Waals surface area contributed by atoms with Crippen LogP contribution in [-0.2, 0) is 0 Å². The number of nitrogens with zero attached hydrogens (tertiary/aromatic N) is 1. The van der Waals surface area contributed by atoms with Crippen molar-refractivity contribution in [3.8, 4) is 5.75 Å². The fraction of sp³-hybridized carbons (Fsp3) is 0.286. The van der Waals surface area contributed by atoms with E-state index >= 15 is 0 Å². The van der Waals surface area contributed by atoms with E-state index in [4.69, 9.17) is 16.3 Å². The topological polar surface area (TPSA) is 45.3 Å². The van der Waals surface area contributed by atoms with Gasteiger partial charge in [-0.3, -0.25) is 4.79 Å². The molecule has 1 aliphatic heterocycles. The van der Waals surface area contributed by atoms with E-state index in [1.165, 1.54) is 5.56 Å². The summed E-state index contributed by atoms with van der Waals surface area (Å²) in [5.74, 6) is -1.41. The van der Waals surface area contributed by atoms with E-state index < -0.39 is 11.6 Å². The largest absolute Gasteiger partial charge is 0.497 e. The molecular formula is C21H19ClF2N2O2. The van der Waals surface area contributed by atoms with Crippen LogP contribution in [-0.4, -0.2) is 36.0 Å². The molecule has 1 fully saturated rings. The van der Waals surface area contributed by atoms with E-state index in [9.17, 15) is 13.6 Å². The quantitative estimate of drug-likeness (QED) is 0.615. The summed E-state index contributed by atoms with van der Waals surface area (Å²) < 4.78 is 32.1. The summed E-state index contributed by atoms with van der Waals surface area (Å²) in [6.45, 7) is 1.05. The molecule has 1 aromatic heterocycles. The number of halogens is 3. The molecule has 3 aromatic rings. The average molecular weight is 405 g/mol. The van der Waals surface area contributed by atoms with Gasteiger partial charge in [0.15, 0.2) is 11.6 Å². The molecular weight excluding hydrogens is 386 g/mol. The molecule has 4 rings (SSSR count). The predicted molar refractivity (Wildman–Crippen MR) is 104 cm³/mol. The number of aromatic nitrogens is 1. The monoisotopic (exact) mass is 404 g/mol. The third-order valence-corrected chi connectivity index (χ3v) is 5.70. The molecule has 7 heteroatoms. The van der Waals surface area contributed by atoms with Crippen molar-refractivity contribution in [2.75, 3.05) is 20.2 Å². The first kappa shape index (κ1) is 18.7. The first-order chi connectivity index (χ1) is 13.5. The molecule has 0 saturated carbocycles. The number of amides is 1. The Morgan fingerprint density at radius 1 is 1.18 bits per heavy atom. The molecule has 0 bridgehead atoms. The van der Waals surface area contributed by atoms with Gasteiger partial charge in [-0.15, -0.1) is 0 Å². The number of carbonyl (C=O) groups excluding carboxylic acids is 1. The summed E-state index contributed by atoms with van der Waals surface area (Å²) in [7, 11) is 1.64. The maximum atomic E-state index is 13.5. The summed E-state index contributed by atoms with van der Waals surface area (Å²) in [6, 6.07) is 7.63. The van der Waals surface area contributed by atoms with Gasteiger partial charge in [-0.1, -0.05) is 11.6 Å². The van der Waals surface area contributed by atoms with E-state index in [2.05, 4.69) is 4.98 Å². The van der Waals surface area contributed by atoms with Crippen LogP contribution >= 0.6 is 11.6 Å². The fourth-order valence-electron chi connectivity index (χ4n) is 3.84. The molecule has 0 aliphatic carbocycles. The summed E-state index contributed by atoms with van der Waals surface area (Å²) in [5.41, 5.74) is 2.24. The van der Waals surface area contributed by atoms with Crippen molar-refractivity contribution < 1.29 is 18.3 Å². The second-order valence-electron chi connectivity index (χ2n) is 6.97. The fourth-order valence-corrected chi connectivity index (χ4v) is 4.07. The maximum absolute atomic E-state index is 13.5. The number of H-pyrrole nitrogens is 1. The Labute approximate surface area is 166 Å². The number of carbonyl (C=O) groups is 1. The molecule has 0 unspecified atom stereocenters. The Balaban J connectivity index is 1.51. The molecule has 146 valence electrons. The zero-order valence-electron chi connectivity index (χ0n) is 15.3. The average Bonchev–Trinajstić information content (AvgIpc) is 3.13. The molecule has 0 atom stereocenters. The number of aromatic amines is 1. The Morgan fingerprint density at radius 2 is 1.89 bits per heavy atom. The molecule has 0 spiro atoms. The third kappa shape index (κ3) is 3.33. The Kier molecular flexibility index (Phi) is 4.98. The van der Waals surface area contributed by atoms with Crippen molar-refractivity contribution in [2.24, 2.45) is 0 Å². The highest BCUT2D eigenvalue weighted by molar-refractivity contribution is 6.33. The highest BCUT2D eigenvalue weighted by atomic mass is 35.5. The first-order valence-corrected chi connectivity index (χ1v) is 9.44. The number of benzene rings is 2. The third-order valence-electron chi connectivity index (χ3n) is 5.38. The van der Waals surface area contributed by atoms with Gasteiger partial charge in [0.2, 0.25) is 0 Å². The smallest absolute Gasteiger partial charge is 0.255 e. The lowest BCUT2D eigenvalue weighted by atomic mass is 9.89. The van der Waals surface area contributed by atoms with E-state index in [1.54, 1.807) is 12.0 Å². The van der Waals surface area contributed by atoms with Crippen molar-refractivity contribution in [3.63, 3.8) is 0 Å². The van der Waals surface area contributed by atoms with Crippen LogP contribution in [0.4, 0.5) is 8.78 Å². The number of fused-ring (bicyclic) bond motifs is 1. The molecule has 1 aliphatic rings. The van der Waals surface area contributed by atoms with Crippen molar-refractivity contribution in [3.05, 3.63) is 64.3 Å². The van der Waals surface area contributed by atoms with Crippen LogP contribution in [0.1, 0.15) is 34.7 Å². The molecule has 1 saturated heterocycles. The Hall–Kier alpha value is -2.60. The molecule has 28 heavy (non-hydrogen) atoms. The van der Waals surface area contributed by atoms with Gasteiger partial charge in [-0.25, -0.2) is 8.78 Å². The van der Waals surface area contributed by atoms with E-state index in [0.717, 1.165) is 41.6 Å². The zero-order chi connectivity index (χ0) is 19.8. The van der Waals surface area contributed by atoms with Crippen LogP contribution in [0.25, 0.3) is 10.9 Å². The number of ether oxygens (including phenoxy) is 1. The Morgan fingerprint density at radius 3 is 2.61 bits per heavy atom. The highest BCUT2D eigenvalue weighted by Gasteiger charge is 2.27. The van der Waals surface area contributed by atoms with E-state index in [1.807, 2.05) is 24.4 Å². The minimum absolute atomic E-state index is 0.00385. The molecule has 1 N–H and O–H groups in total. The first-order valence-electron chi connectivity index (χ1n) is 9.06. The van der Waals surface area contributed by atoms with Crippen LogP contribution in [0.15, 0.2) is 36.5 Å². The molecule has 1 amide bonds. The lowest BCUT2D eigenvalue weighted by Gasteiger charge is -2.32. The van der Waals surface area contributed by atoms with Gasteiger partial charge < -0.3 is 14.6 Å². The number of nitrogens with one attached hydrogen (secondary N) is 1. The van der Waals surface area contributed by atoms with Crippen molar-refractivity contribution in [2.45, 2.75) is 18.8 Å². The minimum atomic E-state index is -1.07. The van der Waals surface area contributed by atoms with Crippen molar-refractivity contribution in [1.29, 1.82) is 0 Å². The van der Waals surface area contributed by atoms with E-state index in [-0.39, 0.29) is 16.5 Å². The van der Waals surface area contributed by atoms with Gasteiger partial charge >= 0.3 is 0 Å². The van der Waals surface area contributed by atoms with Gasteiger partial charge in [0.1, 0.15) is 5.75 Å². The van der Waals surface area contributed by atoms with Crippen LogP contribution in [0.3, 0.4) is 0 Å². The number of likely N-dealkylation sites (tertiary alicyclic amines) is 1. The van der Waals surface area contributed by atoms with Crippen LogP contribution in [0.2, 0.25) is 5.02 Å². The second kappa shape index (κ2) is 7.43. The van der Waals surface area contributed by atoms with Gasteiger partial charge in [0.25, 0.3) is 5.91 Å². The summed E-state index contributed by atoms with van der Waals surface area (Å²) in [4.78, 5) is 17.6. The Bertz CT molecular complexity index is 1040. The predicted octanol–water partition coefficient (Wildman–Crippen LogP) is 5.13. The van der Waals surface area contributed by atoms with Crippen molar-refractivity contribution in [1.82, 2.24) is 9.88 Å². The highest BCUT2D eigenvalue weighted by Crippen LogP contribution is 2.35. The number of hydrogen-bond acceptors (Lipinski definition) is 2. The number of piperidine rings is 1. The van der Waals surface area contributed by atoms with Crippen LogP contribution < -0.4 is 4.74 Å². The second-order valence-corrected chi connectivity index (χ2v) is 7.38. The molecule has 4 nitrogen and oxygen atoms in total. The summed E-state index contributed by atoms with van der Waals surface area (Å²) in [5, 5.41) is 1.04. The van der Waals surface area contributed by atoms with Gasteiger partial charge in [0.05, 0.1) is 17.7 Å². The van der Waals surface area contributed by atoms with Gasteiger partial charge in [-0.05, 0) is 54.7 Å². The van der Waals surface area contributed by atoms with Gasteiger partial charge in [0, 0.05) is 30.2 Å². The zero-order valence-corrected chi connectivity index (χ0v) is 16.0. The summed E-state index contributed by atoms with van der Waals surface area (Å²) in [6.07, 6.45) is 3.56. The van der Waals surface area contributed by atoms with Crippen LogP contribution in [0, 0.1) is 11.6 Å². The number of hydrogen-bond donors (Lipinski definition) is 1. The lowest BCUT2D eigenvalue weighted by Crippen LogP contribution is -2.38. The number of rotatable bonds is 3. The minimum Gasteiger partial charge on any atom is -0.497 e. The molecule has 0 radical (unpaired) electrons. The van der Waals surface area contributed by atoms with Crippen LogP contribution in [0.5, 0.6) is 5.75 Å². The lowest BCUT2D eigenvalue weighted by molar-refractivity contribution is 0.0713. The van der Waals surface area contributed by atoms with E-state index in [0.29, 0.717) is 19.0 Å². The SMILES string of the molecule is COc1ccc2[nH]cc(C3CCN(C(=O)c4cc(F)c(F)cc4Cl)CC3)c2c1. The number of methoxy groups -OCH3 is 1. The normalized spacial score (nSPS) is 15.2. The van der Waals surface area contributed by atoms with Crippen molar-refractivity contribution >= 4 is 28.4 Å².